The van der Waals surface area contributed by atoms with Gasteiger partial charge in [-0.3, -0.25) is 19.0 Å². The fourth-order valence-corrected chi connectivity index (χ4v) is 3.96. The first-order chi connectivity index (χ1) is 17.6. The Morgan fingerprint density at radius 1 is 0.944 bits per heavy atom. The Bertz CT molecular complexity index is 1410. The summed E-state index contributed by atoms with van der Waals surface area (Å²) in [5, 5.41) is 7.96. The number of amides is 3. The molecule has 1 atom stereocenters. The average molecular weight is 485 g/mol. The lowest BCUT2D eigenvalue weighted by atomic mass is 10.2. The first kappa shape index (κ1) is 23.2. The number of rotatable bonds is 6. The van der Waals surface area contributed by atoms with E-state index in [-0.39, 0.29) is 12.5 Å². The van der Waals surface area contributed by atoms with Crippen LogP contribution in [-0.4, -0.2) is 45.0 Å². The number of fused-ring (bicyclic) bond motifs is 1. The normalized spacial score (nSPS) is 14.9. The smallest absolute Gasteiger partial charge is 0.313 e. The molecule has 0 bridgehead atoms. The quantitative estimate of drug-likeness (QED) is 0.361. The van der Waals surface area contributed by atoms with Crippen LogP contribution >= 0.6 is 0 Å². The number of para-hydroxylation sites is 2. The highest BCUT2D eigenvalue weighted by Gasteiger charge is 2.23. The number of hydrogen-bond acceptors (Lipinski definition) is 6. The number of carbonyl (C=O) groups excluding carboxylic acids is 3. The van der Waals surface area contributed by atoms with Gasteiger partial charge in [-0.25, -0.2) is 9.97 Å². The zero-order valence-electron chi connectivity index (χ0n) is 19.3. The van der Waals surface area contributed by atoms with E-state index in [4.69, 9.17) is 4.74 Å². The molecule has 0 saturated carbocycles. The highest BCUT2D eigenvalue weighted by Crippen LogP contribution is 2.18. The highest BCUT2D eigenvalue weighted by atomic mass is 16.5. The minimum atomic E-state index is -0.805. The maximum Gasteiger partial charge on any atom is 0.313 e. The first-order valence-electron chi connectivity index (χ1n) is 11.6. The Balaban J connectivity index is 1.14. The molecule has 1 fully saturated rings. The van der Waals surface area contributed by atoms with Crippen LogP contribution < -0.4 is 16.0 Å². The third-order valence-electron chi connectivity index (χ3n) is 5.78. The van der Waals surface area contributed by atoms with Crippen LogP contribution in [0.1, 0.15) is 18.4 Å². The Hall–Kier alpha value is -4.57. The van der Waals surface area contributed by atoms with E-state index >= 15 is 0 Å². The highest BCUT2D eigenvalue weighted by molar-refractivity contribution is 6.39. The third kappa shape index (κ3) is 5.23. The summed E-state index contributed by atoms with van der Waals surface area (Å²) in [6, 6.07) is 18.2. The van der Waals surface area contributed by atoms with Crippen molar-refractivity contribution in [1.29, 1.82) is 0 Å². The van der Waals surface area contributed by atoms with E-state index in [0.717, 1.165) is 23.0 Å². The molecule has 1 aliphatic rings. The molecule has 2 aromatic heterocycles. The van der Waals surface area contributed by atoms with Gasteiger partial charge in [-0.05, 0) is 54.8 Å². The van der Waals surface area contributed by atoms with Crippen molar-refractivity contribution >= 4 is 40.1 Å². The fourth-order valence-electron chi connectivity index (χ4n) is 3.96. The Morgan fingerprint density at radius 3 is 2.64 bits per heavy atom. The van der Waals surface area contributed by atoms with Gasteiger partial charge in [-0.15, -0.1) is 0 Å². The van der Waals surface area contributed by atoms with Gasteiger partial charge in [0.15, 0.2) is 0 Å². The second-order valence-electron chi connectivity index (χ2n) is 8.34. The predicted molar refractivity (Wildman–Crippen MR) is 133 cm³/mol. The summed E-state index contributed by atoms with van der Waals surface area (Å²) in [6.45, 7) is 0.717. The number of benzene rings is 2. The number of ether oxygens (including phenoxy) is 1. The molecule has 1 aliphatic heterocycles. The average Bonchev–Trinajstić information content (AvgIpc) is 3.59. The number of imidazole rings is 1. The summed E-state index contributed by atoms with van der Waals surface area (Å²) in [5.74, 6) is -1.14. The molecule has 0 spiro atoms. The number of nitrogens with one attached hydrogen (secondary N) is 3. The molecule has 10 heteroatoms. The Kier molecular flexibility index (Phi) is 6.67. The van der Waals surface area contributed by atoms with E-state index in [1.54, 1.807) is 42.7 Å². The standard InChI is InChI=1S/C26H24N6O4/c33-24(22-9-4-12-36-22)30-18-6-3-5-17(13-18)14-28-25(34)26(35)31-19-10-11-23(27-15-19)32-16-29-20-7-1-2-8-21(20)32/h1-3,5-8,10-11,13,15-16,22H,4,9,12,14H2,(H,28,34)(H,30,33)(H,31,35). The lowest BCUT2D eigenvalue weighted by Gasteiger charge is -2.12. The van der Waals surface area contributed by atoms with Gasteiger partial charge < -0.3 is 20.7 Å². The van der Waals surface area contributed by atoms with Crippen molar-refractivity contribution in [2.45, 2.75) is 25.5 Å². The van der Waals surface area contributed by atoms with Crippen molar-refractivity contribution in [3.8, 4) is 5.82 Å². The second-order valence-corrected chi connectivity index (χ2v) is 8.34. The van der Waals surface area contributed by atoms with Crippen LogP contribution in [-0.2, 0) is 25.7 Å². The summed E-state index contributed by atoms with van der Waals surface area (Å²) in [6.07, 6.45) is 4.31. The lowest BCUT2D eigenvalue weighted by molar-refractivity contribution is -0.136. The van der Waals surface area contributed by atoms with Gasteiger partial charge in [0.2, 0.25) is 0 Å². The molecule has 1 unspecified atom stereocenters. The van der Waals surface area contributed by atoms with Crippen LogP contribution in [0.2, 0.25) is 0 Å². The molecule has 36 heavy (non-hydrogen) atoms. The minimum absolute atomic E-state index is 0.126. The van der Waals surface area contributed by atoms with Crippen molar-refractivity contribution in [2.75, 3.05) is 17.2 Å². The molecule has 3 heterocycles. The summed E-state index contributed by atoms with van der Waals surface area (Å²) < 4.78 is 7.23. The molecule has 1 saturated heterocycles. The second kappa shape index (κ2) is 10.4. The van der Waals surface area contributed by atoms with E-state index in [1.165, 1.54) is 6.20 Å². The van der Waals surface area contributed by atoms with E-state index in [0.29, 0.717) is 30.2 Å². The molecule has 5 rings (SSSR count). The summed E-state index contributed by atoms with van der Waals surface area (Å²) >= 11 is 0. The number of aromatic nitrogens is 3. The van der Waals surface area contributed by atoms with E-state index < -0.39 is 17.9 Å². The zero-order valence-corrected chi connectivity index (χ0v) is 19.3. The maximum absolute atomic E-state index is 12.3. The van der Waals surface area contributed by atoms with Crippen molar-refractivity contribution in [3.05, 3.63) is 78.8 Å². The van der Waals surface area contributed by atoms with Crippen LogP contribution in [0.25, 0.3) is 16.9 Å². The van der Waals surface area contributed by atoms with Gasteiger partial charge in [-0.2, -0.15) is 0 Å². The minimum Gasteiger partial charge on any atom is -0.368 e. The predicted octanol–water partition coefficient (Wildman–Crippen LogP) is 2.79. The van der Waals surface area contributed by atoms with Crippen LogP contribution in [0.4, 0.5) is 11.4 Å². The van der Waals surface area contributed by atoms with Gasteiger partial charge in [0.1, 0.15) is 18.2 Å². The monoisotopic (exact) mass is 484 g/mol. The molecule has 0 aliphatic carbocycles. The summed E-state index contributed by atoms with van der Waals surface area (Å²) in [7, 11) is 0. The van der Waals surface area contributed by atoms with Gasteiger partial charge >= 0.3 is 11.8 Å². The van der Waals surface area contributed by atoms with Crippen molar-refractivity contribution < 1.29 is 19.1 Å². The number of carbonyl (C=O) groups is 3. The Morgan fingerprint density at radius 2 is 1.83 bits per heavy atom. The summed E-state index contributed by atoms with van der Waals surface area (Å²) in [4.78, 5) is 45.6. The van der Waals surface area contributed by atoms with Gasteiger partial charge in [0.05, 0.1) is 22.9 Å². The van der Waals surface area contributed by atoms with Crippen LogP contribution in [0, 0.1) is 0 Å². The summed E-state index contributed by atoms with van der Waals surface area (Å²) in [5.41, 5.74) is 3.49. The van der Waals surface area contributed by atoms with Crippen LogP contribution in [0.3, 0.4) is 0 Å². The first-order valence-corrected chi connectivity index (χ1v) is 11.6. The number of pyridine rings is 1. The molecule has 3 N–H and O–H groups in total. The van der Waals surface area contributed by atoms with Crippen LogP contribution in [0.5, 0.6) is 0 Å². The molecular formula is C26H24N6O4. The van der Waals surface area contributed by atoms with Crippen LogP contribution in [0.15, 0.2) is 73.2 Å². The maximum atomic E-state index is 12.3. The van der Waals surface area contributed by atoms with Crippen molar-refractivity contribution in [1.82, 2.24) is 19.9 Å². The number of hydrogen-bond donors (Lipinski definition) is 3. The molecular weight excluding hydrogens is 460 g/mol. The third-order valence-corrected chi connectivity index (χ3v) is 5.78. The van der Waals surface area contributed by atoms with Gasteiger partial charge in [-0.1, -0.05) is 24.3 Å². The lowest BCUT2D eigenvalue weighted by Crippen LogP contribution is -2.35. The molecule has 3 amide bonds. The fraction of sp³-hybridized carbons (Fsp3) is 0.192. The zero-order chi connectivity index (χ0) is 24.9. The largest absolute Gasteiger partial charge is 0.368 e. The SMILES string of the molecule is O=C(NCc1cccc(NC(=O)C2CCCO2)c1)C(=O)Nc1ccc(-n2cnc3ccccc32)nc1. The van der Waals surface area contributed by atoms with E-state index in [2.05, 4.69) is 25.9 Å². The van der Waals surface area contributed by atoms with Crippen molar-refractivity contribution in [2.24, 2.45) is 0 Å². The van der Waals surface area contributed by atoms with Gasteiger partial charge in [0.25, 0.3) is 5.91 Å². The molecule has 4 aromatic rings. The molecule has 182 valence electrons. The number of anilines is 2. The molecule has 2 aromatic carbocycles. The topological polar surface area (TPSA) is 127 Å². The van der Waals surface area contributed by atoms with Gasteiger partial charge in [0, 0.05) is 18.8 Å². The Labute approximate surface area is 206 Å². The van der Waals surface area contributed by atoms with E-state index in [1.807, 2.05) is 28.8 Å². The van der Waals surface area contributed by atoms with E-state index in [9.17, 15) is 14.4 Å². The van der Waals surface area contributed by atoms with Crippen molar-refractivity contribution in [3.63, 3.8) is 0 Å². The molecule has 10 nitrogen and oxygen atoms in total. The number of nitrogens with zero attached hydrogens (tertiary/aromatic N) is 3. The molecule has 0 radical (unpaired) electrons.